The van der Waals surface area contributed by atoms with Gasteiger partial charge >= 0.3 is 0 Å². The number of nitrogens with one attached hydrogen (secondary N) is 1. The quantitative estimate of drug-likeness (QED) is 0.484. The number of thiophene rings is 1. The summed E-state index contributed by atoms with van der Waals surface area (Å²) in [6.07, 6.45) is 8.40. The summed E-state index contributed by atoms with van der Waals surface area (Å²) in [6.45, 7) is 1.57. The minimum atomic E-state index is -0.0618. The largest absolute Gasteiger partial charge is 0.362 e. The SMILES string of the molecule is N#CC[C@@H](C1CCN(c2scc(Cl)c2C#N)C1)n1cc(-c2ncnc3[nH]ccc23)cn1. The maximum Gasteiger partial charge on any atom is 0.141 e. The van der Waals surface area contributed by atoms with Crippen LogP contribution in [0.25, 0.3) is 22.3 Å². The predicted octanol–water partition coefficient (Wildman–Crippen LogP) is 4.39. The third-order valence-corrected chi connectivity index (χ3v) is 7.23. The fraction of sp³-hybridized carbons (Fsp3) is 0.286. The Hall–Kier alpha value is -3.40. The summed E-state index contributed by atoms with van der Waals surface area (Å²) in [7, 11) is 0. The van der Waals surface area contributed by atoms with Gasteiger partial charge in [0.15, 0.2) is 0 Å². The molecule has 0 aliphatic carbocycles. The van der Waals surface area contributed by atoms with Crippen molar-refractivity contribution in [3.8, 4) is 23.4 Å². The van der Waals surface area contributed by atoms with E-state index in [1.165, 1.54) is 17.7 Å². The molecule has 1 N–H and O–H groups in total. The number of rotatable bonds is 5. The zero-order valence-corrected chi connectivity index (χ0v) is 17.9. The Kier molecular flexibility index (Phi) is 5.06. The molecule has 1 fully saturated rings. The molecule has 1 aliphatic heterocycles. The molecule has 0 radical (unpaired) electrons. The summed E-state index contributed by atoms with van der Waals surface area (Å²) in [5, 5.41) is 27.6. The van der Waals surface area contributed by atoms with Gasteiger partial charge in [-0.2, -0.15) is 15.6 Å². The molecule has 8 nitrogen and oxygen atoms in total. The standard InChI is InChI=1S/C21H17ClN8S/c22-17-11-31-21(16(17)7-24)29-6-3-13(9-29)18(1-4-23)30-10-14(8-28-30)19-15-2-5-25-20(15)27-12-26-19/h2,5,8,10-13,18H,1,3,6,9H2,(H,25,26,27)/t13?,18-/m0/s1. The van der Waals surface area contributed by atoms with E-state index in [9.17, 15) is 10.5 Å². The number of anilines is 1. The lowest BCUT2D eigenvalue weighted by Crippen LogP contribution is -2.25. The van der Waals surface area contributed by atoms with Gasteiger partial charge in [0.05, 0.1) is 35.4 Å². The van der Waals surface area contributed by atoms with Crippen LogP contribution in [0.15, 0.2) is 36.4 Å². The topological polar surface area (TPSA) is 110 Å². The van der Waals surface area contributed by atoms with Gasteiger partial charge in [0, 0.05) is 47.7 Å². The van der Waals surface area contributed by atoms with Gasteiger partial charge in [0.2, 0.25) is 0 Å². The Morgan fingerprint density at radius 2 is 2.26 bits per heavy atom. The molecule has 0 saturated carbocycles. The molecule has 4 aromatic heterocycles. The van der Waals surface area contributed by atoms with Gasteiger partial charge in [-0.05, 0) is 12.5 Å². The fourth-order valence-corrected chi connectivity index (χ4v) is 5.50. The van der Waals surface area contributed by atoms with Gasteiger partial charge < -0.3 is 9.88 Å². The Morgan fingerprint density at radius 1 is 1.35 bits per heavy atom. The minimum absolute atomic E-state index is 0.0618. The number of fused-ring (bicyclic) bond motifs is 1. The first-order valence-corrected chi connectivity index (χ1v) is 11.1. The van der Waals surface area contributed by atoms with Crippen LogP contribution in [0.2, 0.25) is 5.02 Å². The van der Waals surface area contributed by atoms with E-state index < -0.39 is 0 Å². The predicted molar refractivity (Wildman–Crippen MR) is 119 cm³/mol. The number of hydrogen-bond acceptors (Lipinski definition) is 7. The Morgan fingerprint density at radius 3 is 3.10 bits per heavy atom. The lowest BCUT2D eigenvalue weighted by atomic mass is 9.96. The zero-order valence-electron chi connectivity index (χ0n) is 16.4. The van der Waals surface area contributed by atoms with E-state index in [1.54, 1.807) is 11.6 Å². The highest BCUT2D eigenvalue weighted by molar-refractivity contribution is 7.15. The van der Waals surface area contributed by atoms with Crippen molar-refractivity contribution in [2.75, 3.05) is 18.0 Å². The van der Waals surface area contributed by atoms with Crippen molar-refractivity contribution in [2.24, 2.45) is 5.92 Å². The minimum Gasteiger partial charge on any atom is -0.362 e. The number of aromatic amines is 1. The Bertz CT molecular complexity index is 1320. The summed E-state index contributed by atoms with van der Waals surface area (Å²) in [6, 6.07) is 6.41. The average Bonchev–Trinajstić information content (AvgIpc) is 3.57. The van der Waals surface area contributed by atoms with Crippen LogP contribution in [0, 0.1) is 28.6 Å². The van der Waals surface area contributed by atoms with E-state index in [4.69, 9.17) is 11.6 Å². The smallest absolute Gasteiger partial charge is 0.141 e. The molecule has 5 rings (SSSR count). The summed E-state index contributed by atoms with van der Waals surface area (Å²) in [5.74, 6) is 0.234. The van der Waals surface area contributed by atoms with Crippen LogP contribution in [0.5, 0.6) is 0 Å². The van der Waals surface area contributed by atoms with E-state index >= 15 is 0 Å². The lowest BCUT2D eigenvalue weighted by Gasteiger charge is -2.23. The molecule has 0 spiro atoms. The molecule has 10 heteroatoms. The molecule has 5 heterocycles. The molecule has 1 saturated heterocycles. The summed E-state index contributed by atoms with van der Waals surface area (Å²) >= 11 is 7.64. The van der Waals surface area contributed by atoms with Crippen LogP contribution in [-0.2, 0) is 0 Å². The van der Waals surface area contributed by atoms with Crippen molar-refractivity contribution < 1.29 is 0 Å². The fourth-order valence-electron chi connectivity index (χ4n) is 4.26. The van der Waals surface area contributed by atoms with Gasteiger partial charge in [-0.25, -0.2) is 9.97 Å². The molecular formula is C21H17ClN8S. The van der Waals surface area contributed by atoms with Crippen LogP contribution < -0.4 is 4.90 Å². The van der Waals surface area contributed by atoms with Crippen molar-refractivity contribution in [1.29, 1.82) is 10.5 Å². The third kappa shape index (κ3) is 3.42. The number of aromatic nitrogens is 5. The van der Waals surface area contributed by atoms with E-state index in [0.717, 1.165) is 46.8 Å². The molecule has 0 amide bonds. The molecular weight excluding hydrogens is 432 g/mol. The molecule has 4 aromatic rings. The van der Waals surface area contributed by atoms with Gasteiger partial charge in [0.25, 0.3) is 0 Å². The first-order valence-electron chi connectivity index (χ1n) is 9.81. The molecule has 1 unspecified atom stereocenters. The number of nitrogens with zero attached hydrogens (tertiary/aromatic N) is 7. The third-order valence-electron chi connectivity index (χ3n) is 5.76. The number of hydrogen-bond donors (Lipinski definition) is 1. The second-order valence-electron chi connectivity index (χ2n) is 7.47. The highest BCUT2D eigenvalue weighted by Gasteiger charge is 2.33. The first kappa shape index (κ1) is 19.6. The second kappa shape index (κ2) is 8.03. The monoisotopic (exact) mass is 448 g/mol. The maximum absolute atomic E-state index is 9.48. The maximum atomic E-state index is 9.48. The summed E-state index contributed by atoms with van der Waals surface area (Å²) < 4.78 is 1.89. The van der Waals surface area contributed by atoms with Crippen LogP contribution in [0.4, 0.5) is 5.00 Å². The lowest BCUT2D eigenvalue weighted by molar-refractivity contribution is 0.332. The van der Waals surface area contributed by atoms with Crippen molar-refractivity contribution in [1.82, 2.24) is 24.7 Å². The number of halogens is 1. The Balaban J connectivity index is 1.42. The van der Waals surface area contributed by atoms with Gasteiger partial charge in [-0.3, -0.25) is 4.68 Å². The molecule has 154 valence electrons. The normalized spacial score (nSPS) is 17.0. The van der Waals surface area contributed by atoms with Crippen molar-refractivity contribution >= 4 is 39.0 Å². The highest BCUT2D eigenvalue weighted by Crippen LogP contribution is 2.39. The van der Waals surface area contributed by atoms with Crippen molar-refractivity contribution in [3.63, 3.8) is 0 Å². The Labute approximate surface area is 187 Å². The first-order chi connectivity index (χ1) is 15.2. The average molecular weight is 449 g/mol. The zero-order chi connectivity index (χ0) is 21.4. The summed E-state index contributed by atoms with van der Waals surface area (Å²) in [5.41, 5.74) is 3.01. The van der Waals surface area contributed by atoms with Crippen molar-refractivity contribution in [2.45, 2.75) is 18.9 Å². The van der Waals surface area contributed by atoms with Crippen LogP contribution in [-0.4, -0.2) is 37.8 Å². The van der Waals surface area contributed by atoms with Gasteiger partial charge in [0.1, 0.15) is 28.6 Å². The van der Waals surface area contributed by atoms with E-state index in [0.29, 0.717) is 17.0 Å². The van der Waals surface area contributed by atoms with Crippen LogP contribution >= 0.6 is 22.9 Å². The van der Waals surface area contributed by atoms with Crippen LogP contribution in [0.3, 0.4) is 0 Å². The molecule has 1 aliphatic rings. The number of H-pyrrole nitrogens is 1. The van der Waals surface area contributed by atoms with Gasteiger partial charge in [-0.1, -0.05) is 11.6 Å². The summed E-state index contributed by atoms with van der Waals surface area (Å²) in [4.78, 5) is 14.0. The second-order valence-corrected chi connectivity index (χ2v) is 8.74. The van der Waals surface area contributed by atoms with E-state index in [-0.39, 0.29) is 12.0 Å². The number of nitriles is 2. The molecule has 2 atom stereocenters. The molecule has 0 aromatic carbocycles. The molecule has 31 heavy (non-hydrogen) atoms. The van der Waals surface area contributed by atoms with Crippen LogP contribution in [0.1, 0.15) is 24.4 Å². The van der Waals surface area contributed by atoms with Gasteiger partial charge in [-0.15, -0.1) is 11.3 Å². The van der Waals surface area contributed by atoms with E-state index in [1.807, 2.05) is 23.1 Å². The highest BCUT2D eigenvalue weighted by atomic mass is 35.5. The van der Waals surface area contributed by atoms with Crippen molar-refractivity contribution in [3.05, 3.63) is 47.0 Å². The van der Waals surface area contributed by atoms with E-state index in [2.05, 4.69) is 37.1 Å². The molecule has 0 bridgehead atoms.